The summed E-state index contributed by atoms with van der Waals surface area (Å²) in [6.45, 7) is 7.12. The first-order chi connectivity index (χ1) is 8.16. The van der Waals surface area contributed by atoms with Gasteiger partial charge in [-0.05, 0) is 23.1 Å². The van der Waals surface area contributed by atoms with Crippen molar-refractivity contribution in [1.29, 1.82) is 0 Å². The molecule has 0 aromatic heterocycles. The molecular weight excluding hydrogens is 245 g/mol. The molecule has 0 fully saturated rings. The lowest BCUT2D eigenvalue weighted by molar-refractivity contribution is -0.274. The van der Waals surface area contributed by atoms with Crippen LogP contribution < -0.4 is 4.74 Å². The number of halogens is 3. The molecule has 1 aromatic carbocycles. The maximum atomic E-state index is 11.9. The number of ether oxygens (including phenoxy) is 2. The largest absolute Gasteiger partial charge is 0.573 e. The van der Waals surface area contributed by atoms with Gasteiger partial charge in [-0.1, -0.05) is 32.9 Å². The van der Waals surface area contributed by atoms with E-state index < -0.39 is 6.36 Å². The Morgan fingerprint density at radius 3 is 2.00 bits per heavy atom. The topological polar surface area (TPSA) is 18.5 Å². The van der Waals surface area contributed by atoms with Crippen LogP contribution in [0, 0.1) is 5.41 Å². The van der Waals surface area contributed by atoms with E-state index in [9.17, 15) is 13.2 Å². The number of benzene rings is 1. The summed E-state index contributed by atoms with van der Waals surface area (Å²) in [5, 5.41) is 0. The molecule has 0 N–H and O–H groups in total. The van der Waals surface area contributed by atoms with E-state index in [1.165, 1.54) is 12.1 Å². The Bertz CT molecular complexity index is 363. The molecule has 0 unspecified atom stereocenters. The molecule has 0 spiro atoms. The SMILES string of the molecule is CC(C)(C)COCc1ccc(OC(F)(F)F)cc1. The molecule has 2 nitrogen and oxygen atoms in total. The maximum absolute atomic E-state index is 11.9. The highest BCUT2D eigenvalue weighted by Crippen LogP contribution is 2.23. The van der Waals surface area contributed by atoms with Crippen molar-refractivity contribution in [1.82, 2.24) is 0 Å². The predicted molar refractivity (Wildman–Crippen MR) is 62.2 cm³/mol. The molecule has 18 heavy (non-hydrogen) atoms. The molecule has 0 radical (unpaired) electrons. The zero-order valence-corrected chi connectivity index (χ0v) is 10.7. The lowest BCUT2D eigenvalue weighted by Gasteiger charge is -2.18. The second-order valence-corrected chi connectivity index (χ2v) is 5.25. The average Bonchev–Trinajstić information content (AvgIpc) is 2.16. The zero-order chi connectivity index (χ0) is 13.8. The van der Waals surface area contributed by atoms with E-state index in [-0.39, 0.29) is 11.2 Å². The molecule has 0 saturated heterocycles. The van der Waals surface area contributed by atoms with Crippen LogP contribution in [0.5, 0.6) is 5.75 Å². The smallest absolute Gasteiger partial charge is 0.406 e. The molecule has 0 aliphatic carbocycles. The van der Waals surface area contributed by atoms with Gasteiger partial charge in [0.05, 0.1) is 13.2 Å². The Labute approximate surface area is 105 Å². The Balaban J connectivity index is 2.46. The van der Waals surface area contributed by atoms with Crippen molar-refractivity contribution in [2.24, 2.45) is 5.41 Å². The molecule has 5 heteroatoms. The van der Waals surface area contributed by atoms with Gasteiger partial charge in [-0.2, -0.15) is 0 Å². The summed E-state index contributed by atoms with van der Waals surface area (Å²) in [7, 11) is 0. The summed E-state index contributed by atoms with van der Waals surface area (Å²) in [6.07, 6.45) is -4.65. The van der Waals surface area contributed by atoms with Crippen LogP contribution in [-0.2, 0) is 11.3 Å². The number of hydrogen-bond donors (Lipinski definition) is 0. The van der Waals surface area contributed by atoms with Crippen molar-refractivity contribution in [3.05, 3.63) is 29.8 Å². The zero-order valence-electron chi connectivity index (χ0n) is 10.7. The third-order valence-corrected chi connectivity index (χ3v) is 1.96. The minimum absolute atomic E-state index is 0.0688. The van der Waals surface area contributed by atoms with Crippen LogP contribution in [0.2, 0.25) is 0 Å². The molecule has 0 amide bonds. The van der Waals surface area contributed by atoms with Crippen LogP contribution >= 0.6 is 0 Å². The van der Waals surface area contributed by atoms with Crippen LogP contribution in [0.3, 0.4) is 0 Å². The van der Waals surface area contributed by atoms with Gasteiger partial charge < -0.3 is 9.47 Å². The quantitative estimate of drug-likeness (QED) is 0.811. The lowest BCUT2D eigenvalue weighted by Crippen LogP contribution is -2.17. The Kier molecular flexibility index (Phi) is 4.62. The first-order valence-corrected chi connectivity index (χ1v) is 5.58. The van der Waals surface area contributed by atoms with Crippen molar-refractivity contribution in [3.63, 3.8) is 0 Å². The van der Waals surface area contributed by atoms with Crippen molar-refractivity contribution in [2.45, 2.75) is 33.7 Å². The van der Waals surface area contributed by atoms with Crippen LogP contribution in [-0.4, -0.2) is 13.0 Å². The van der Waals surface area contributed by atoms with Crippen molar-refractivity contribution >= 4 is 0 Å². The van der Waals surface area contributed by atoms with E-state index in [1.807, 2.05) is 20.8 Å². The Morgan fingerprint density at radius 2 is 1.56 bits per heavy atom. The molecule has 1 rings (SSSR count). The van der Waals surface area contributed by atoms with Gasteiger partial charge in [-0.15, -0.1) is 13.2 Å². The van der Waals surface area contributed by atoms with Gasteiger partial charge in [-0.25, -0.2) is 0 Å². The first-order valence-electron chi connectivity index (χ1n) is 5.58. The normalized spacial score (nSPS) is 12.6. The van der Waals surface area contributed by atoms with E-state index in [2.05, 4.69) is 4.74 Å². The van der Waals surface area contributed by atoms with Crippen molar-refractivity contribution in [3.8, 4) is 5.75 Å². The summed E-state index contributed by atoms with van der Waals surface area (Å²) < 4.78 is 45.0. The number of alkyl halides is 3. The van der Waals surface area contributed by atoms with Crippen molar-refractivity contribution < 1.29 is 22.6 Å². The molecule has 102 valence electrons. The second-order valence-electron chi connectivity index (χ2n) is 5.25. The molecule has 0 atom stereocenters. The fourth-order valence-corrected chi connectivity index (χ4v) is 1.26. The van der Waals surface area contributed by atoms with Gasteiger partial charge in [-0.3, -0.25) is 0 Å². The van der Waals surface area contributed by atoms with Crippen LogP contribution in [0.1, 0.15) is 26.3 Å². The fraction of sp³-hybridized carbons (Fsp3) is 0.538. The maximum Gasteiger partial charge on any atom is 0.573 e. The standard InChI is InChI=1S/C13H17F3O2/c1-12(2,3)9-17-8-10-4-6-11(7-5-10)18-13(14,15)16/h4-7H,8-9H2,1-3H3. The summed E-state index contributed by atoms with van der Waals surface area (Å²) in [4.78, 5) is 0. The molecule has 0 aliphatic rings. The molecule has 1 aromatic rings. The summed E-state index contributed by atoms with van der Waals surface area (Å²) >= 11 is 0. The first kappa shape index (κ1) is 14.8. The van der Waals surface area contributed by atoms with Crippen LogP contribution in [0.15, 0.2) is 24.3 Å². The summed E-state index contributed by atoms with van der Waals surface area (Å²) in [5.41, 5.74) is 0.882. The van der Waals surface area contributed by atoms with Gasteiger partial charge >= 0.3 is 6.36 Å². The van der Waals surface area contributed by atoms with E-state index in [4.69, 9.17) is 4.74 Å². The highest BCUT2D eigenvalue weighted by molar-refractivity contribution is 5.27. The van der Waals surface area contributed by atoms with Gasteiger partial charge in [0.1, 0.15) is 5.75 Å². The predicted octanol–water partition coefficient (Wildman–Crippen LogP) is 4.15. The molecule has 0 aliphatic heterocycles. The van der Waals surface area contributed by atoms with E-state index in [1.54, 1.807) is 12.1 Å². The molecular formula is C13H17F3O2. The number of hydrogen-bond acceptors (Lipinski definition) is 2. The van der Waals surface area contributed by atoms with Gasteiger partial charge in [0.25, 0.3) is 0 Å². The lowest BCUT2D eigenvalue weighted by atomic mass is 9.99. The Morgan fingerprint density at radius 1 is 1.00 bits per heavy atom. The van der Waals surface area contributed by atoms with Crippen LogP contribution in [0.4, 0.5) is 13.2 Å². The van der Waals surface area contributed by atoms with E-state index in [0.717, 1.165) is 5.56 Å². The van der Waals surface area contributed by atoms with Gasteiger partial charge in [0, 0.05) is 0 Å². The number of rotatable bonds is 4. The monoisotopic (exact) mass is 262 g/mol. The van der Waals surface area contributed by atoms with E-state index in [0.29, 0.717) is 13.2 Å². The molecule has 0 saturated carbocycles. The minimum Gasteiger partial charge on any atom is -0.406 e. The molecule has 0 bridgehead atoms. The van der Waals surface area contributed by atoms with Gasteiger partial charge in [0.15, 0.2) is 0 Å². The average molecular weight is 262 g/mol. The third-order valence-electron chi connectivity index (χ3n) is 1.96. The highest BCUT2D eigenvalue weighted by atomic mass is 19.4. The fourth-order valence-electron chi connectivity index (χ4n) is 1.26. The third kappa shape index (κ3) is 6.49. The van der Waals surface area contributed by atoms with Crippen molar-refractivity contribution in [2.75, 3.05) is 6.61 Å². The van der Waals surface area contributed by atoms with Crippen LogP contribution in [0.25, 0.3) is 0 Å². The minimum atomic E-state index is -4.65. The van der Waals surface area contributed by atoms with Gasteiger partial charge in [0.2, 0.25) is 0 Å². The molecule has 0 heterocycles. The summed E-state index contributed by atoms with van der Waals surface area (Å²) in [6, 6.07) is 5.68. The van der Waals surface area contributed by atoms with E-state index >= 15 is 0 Å². The Hall–Kier alpha value is -1.23. The summed E-state index contributed by atoms with van der Waals surface area (Å²) in [5.74, 6) is -0.220. The highest BCUT2D eigenvalue weighted by Gasteiger charge is 2.30. The second kappa shape index (κ2) is 5.61.